The number of hydrogen-bond donors (Lipinski definition) is 1. The number of nitrogens with one attached hydrogen (secondary N) is 1. The van der Waals surface area contributed by atoms with Crippen LogP contribution in [0.5, 0.6) is 0 Å². The molecule has 1 saturated heterocycles. The van der Waals surface area contributed by atoms with E-state index in [4.69, 9.17) is 9.47 Å². The predicted octanol–water partition coefficient (Wildman–Crippen LogP) is 4.45. The Morgan fingerprint density at radius 3 is 2.32 bits per heavy atom. The molecule has 0 aromatic heterocycles. The zero-order valence-corrected chi connectivity index (χ0v) is 20.4. The Kier molecular flexibility index (Phi) is 7.09. The third-order valence-electron chi connectivity index (χ3n) is 5.13. The van der Waals surface area contributed by atoms with Gasteiger partial charge in [0.25, 0.3) is 0 Å². The Morgan fingerprint density at radius 2 is 1.71 bits per heavy atom. The van der Waals surface area contributed by atoms with Crippen molar-refractivity contribution in [3.05, 3.63) is 71.3 Å². The van der Waals surface area contributed by atoms with Gasteiger partial charge in [0.05, 0.1) is 18.7 Å². The van der Waals surface area contributed by atoms with Crippen LogP contribution in [0.2, 0.25) is 0 Å². The highest BCUT2D eigenvalue weighted by atomic mass is 16.6. The van der Waals surface area contributed by atoms with Crippen LogP contribution in [0.3, 0.4) is 0 Å². The largest absolute Gasteiger partial charge is 0.465 e. The van der Waals surface area contributed by atoms with Crippen molar-refractivity contribution in [2.45, 2.75) is 58.2 Å². The lowest BCUT2D eigenvalue weighted by Crippen LogP contribution is -2.61. The van der Waals surface area contributed by atoms with Gasteiger partial charge in [0, 0.05) is 12.0 Å². The molecule has 0 saturated carbocycles. The van der Waals surface area contributed by atoms with Crippen LogP contribution in [0.25, 0.3) is 0 Å². The molecule has 8 nitrogen and oxygen atoms in total. The van der Waals surface area contributed by atoms with Gasteiger partial charge in [-0.3, -0.25) is 9.69 Å². The number of methoxy groups -OCH3 is 1. The summed E-state index contributed by atoms with van der Waals surface area (Å²) >= 11 is 0. The lowest BCUT2D eigenvalue weighted by molar-refractivity contribution is -0.131. The van der Waals surface area contributed by atoms with Gasteiger partial charge in [-0.25, -0.2) is 9.59 Å². The van der Waals surface area contributed by atoms with E-state index in [0.717, 1.165) is 5.56 Å². The second-order valence-corrected chi connectivity index (χ2v) is 9.80. The van der Waals surface area contributed by atoms with Crippen molar-refractivity contribution in [2.75, 3.05) is 7.11 Å². The van der Waals surface area contributed by atoms with Gasteiger partial charge in [-0.05, 0) is 57.9 Å². The summed E-state index contributed by atoms with van der Waals surface area (Å²) in [6, 6.07) is 15.6. The number of nitrogens with zero attached hydrogens (tertiary/aromatic N) is 2. The number of aliphatic imine (C=N–C) groups is 1. The number of benzene rings is 2. The van der Waals surface area contributed by atoms with Gasteiger partial charge < -0.3 is 14.8 Å². The van der Waals surface area contributed by atoms with E-state index in [2.05, 4.69) is 10.3 Å². The molecule has 0 bridgehead atoms. The second kappa shape index (κ2) is 9.67. The number of amides is 2. The van der Waals surface area contributed by atoms with Crippen LogP contribution < -0.4 is 5.32 Å². The number of esters is 1. The number of carbonyl (C=O) groups excluding carboxylic acids is 3. The summed E-state index contributed by atoms with van der Waals surface area (Å²) in [4.78, 5) is 43.9. The zero-order chi connectivity index (χ0) is 25.1. The SMILES string of the molecule is COC(=O)c1cccc([C@@H](c2ccccc2)N2C(=O)CC(C)(C)NC2=NC(=O)OC(C)(C)C)c1. The molecule has 34 heavy (non-hydrogen) atoms. The molecule has 2 aromatic carbocycles. The summed E-state index contributed by atoms with van der Waals surface area (Å²) in [7, 11) is 1.31. The van der Waals surface area contributed by atoms with Crippen LogP contribution in [-0.4, -0.2) is 47.1 Å². The Balaban J connectivity index is 2.17. The van der Waals surface area contributed by atoms with E-state index < -0.39 is 29.2 Å². The Bertz CT molecular complexity index is 1100. The van der Waals surface area contributed by atoms with Crippen LogP contribution in [-0.2, 0) is 14.3 Å². The highest BCUT2D eigenvalue weighted by Gasteiger charge is 2.41. The van der Waals surface area contributed by atoms with Gasteiger partial charge >= 0.3 is 12.1 Å². The van der Waals surface area contributed by atoms with Crippen molar-refractivity contribution in [3.63, 3.8) is 0 Å². The molecular weight excluding hydrogens is 434 g/mol. The average molecular weight is 466 g/mol. The van der Waals surface area contributed by atoms with Gasteiger partial charge in [-0.1, -0.05) is 42.5 Å². The first kappa shape index (κ1) is 25.0. The molecule has 2 amide bonds. The maximum absolute atomic E-state index is 13.5. The van der Waals surface area contributed by atoms with Crippen molar-refractivity contribution < 1.29 is 23.9 Å². The third-order valence-corrected chi connectivity index (χ3v) is 5.13. The molecule has 0 radical (unpaired) electrons. The quantitative estimate of drug-likeness (QED) is 0.670. The van der Waals surface area contributed by atoms with E-state index in [1.807, 2.05) is 50.2 Å². The van der Waals surface area contributed by atoms with Crippen molar-refractivity contribution in [3.8, 4) is 0 Å². The molecule has 180 valence electrons. The van der Waals surface area contributed by atoms with Crippen molar-refractivity contribution in [1.82, 2.24) is 10.2 Å². The Labute approximate surface area is 200 Å². The van der Waals surface area contributed by atoms with E-state index in [-0.39, 0.29) is 18.3 Å². The van der Waals surface area contributed by atoms with Crippen molar-refractivity contribution >= 4 is 23.9 Å². The van der Waals surface area contributed by atoms with Gasteiger partial charge in [0.2, 0.25) is 11.9 Å². The van der Waals surface area contributed by atoms with E-state index >= 15 is 0 Å². The molecule has 1 fully saturated rings. The molecular formula is C26H31N3O5. The Morgan fingerprint density at radius 1 is 1.06 bits per heavy atom. The average Bonchev–Trinajstić information content (AvgIpc) is 2.74. The minimum absolute atomic E-state index is 0.0906. The van der Waals surface area contributed by atoms with Crippen LogP contribution in [0.1, 0.15) is 68.6 Å². The molecule has 1 atom stereocenters. The molecule has 1 aliphatic rings. The summed E-state index contributed by atoms with van der Waals surface area (Å²) in [5.74, 6) is -0.614. The van der Waals surface area contributed by atoms with E-state index in [9.17, 15) is 14.4 Å². The number of guanidine groups is 1. The normalized spacial score (nSPS) is 17.6. The molecule has 0 unspecified atom stereocenters. The van der Waals surface area contributed by atoms with Gasteiger partial charge in [0.15, 0.2) is 0 Å². The van der Waals surface area contributed by atoms with Gasteiger partial charge in [-0.15, -0.1) is 4.99 Å². The number of hydrogen-bond acceptors (Lipinski definition) is 5. The minimum atomic E-state index is -0.805. The van der Waals surface area contributed by atoms with Crippen LogP contribution in [0.4, 0.5) is 4.79 Å². The molecule has 1 aliphatic heterocycles. The van der Waals surface area contributed by atoms with Crippen LogP contribution in [0.15, 0.2) is 59.6 Å². The third kappa shape index (κ3) is 6.01. The molecule has 0 spiro atoms. The van der Waals surface area contributed by atoms with Crippen LogP contribution in [0, 0.1) is 0 Å². The summed E-state index contributed by atoms with van der Waals surface area (Å²) in [6.07, 6.45) is -0.624. The lowest BCUT2D eigenvalue weighted by Gasteiger charge is -2.42. The highest BCUT2D eigenvalue weighted by molar-refractivity contribution is 6.04. The number of ether oxygens (including phenoxy) is 2. The maximum atomic E-state index is 13.5. The number of rotatable bonds is 4. The van der Waals surface area contributed by atoms with Crippen molar-refractivity contribution in [1.29, 1.82) is 0 Å². The van der Waals surface area contributed by atoms with Crippen molar-refractivity contribution in [2.24, 2.45) is 4.99 Å². The fourth-order valence-corrected chi connectivity index (χ4v) is 3.79. The van der Waals surface area contributed by atoms with E-state index in [1.165, 1.54) is 12.0 Å². The zero-order valence-electron chi connectivity index (χ0n) is 20.4. The Hall–Kier alpha value is -3.68. The summed E-state index contributed by atoms with van der Waals surface area (Å²) in [5, 5.41) is 3.22. The summed E-state index contributed by atoms with van der Waals surface area (Å²) < 4.78 is 10.3. The summed E-state index contributed by atoms with van der Waals surface area (Å²) in [5.41, 5.74) is 0.443. The minimum Gasteiger partial charge on any atom is -0.465 e. The first-order valence-corrected chi connectivity index (χ1v) is 11.1. The molecule has 1 heterocycles. The second-order valence-electron chi connectivity index (χ2n) is 9.80. The van der Waals surface area contributed by atoms with E-state index in [0.29, 0.717) is 11.1 Å². The fraction of sp³-hybridized carbons (Fsp3) is 0.385. The fourth-order valence-electron chi connectivity index (χ4n) is 3.79. The molecule has 3 rings (SSSR count). The summed E-state index contributed by atoms with van der Waals surface area (Å²) in [6.45, 7) is 8.97. The first-order valence-electron chi connectivity index (χ1n) is 11.1. The first-order chi connectivity index (χ1) is 15.9. The topological polar surface area (TPSA) is 97.3 Å². The number of carbonyl (C=O) groups is 3. The predicted molar refractivity (Wildman–Crippen MR) is 128 cm³/mol. The van der Waals surface area contributed by atoms with Gasteiger partial charge in [-0.2, -0.15) is 0 Å². The van der Waals surface area contributed by atoms with Gasteiger partial charge in [0.1, 0.15) is 5.60 Å². The van der Waals surface area contributed by atoms with Crippen LogP contribution >= 0.6 is 0 Å². The highest BCUT2D eigenvalue weighted by Crippen LogP contribution is 2.33. The lowest BCUT2D eigenvalue weighted by atomic mass is 9.91. The molecule has 1 N–H and O–H groups in total. The van der Waals surface area contributed by atoms with E-state index in [1.54, 1.807) is 39.0 Å². The molecule has 2 aromatic rings. The standard InChI is InChI=1S/C26H31N3O5/c1-25(2,3)34-24(32)27-23-28-26(4,5)16-20(30)29(23)21(17-11-8-7-9-12-17)18-13-10-14-19(15-18)22(31)33-6/h7-15,21H,16H2,1-6H3,(H,27,28,32)/t21-/m1/s1. The molecule has 0 aliphatic carbocycles. The molecule has 8 heteroatoms. The smallest absolute Gasteiger partial charge is 0.437 e. The monoisotopic (exact) mass is 465 g/mol. The maximum Gasteiger partial charge on any atom is 0.437 e.